The molecule has 0 bridgehead atoms. The van der Waals surface area contributed by atoms with Crippen molar-refractivity contribution in [3.8, 4) is 17.0 Å². The van der Waals surface area contributed by atoms with E-state index in [1.807, 2.05) is 45.0 Å². The lowest BCUT2D eigenvalue weighted by atomic mass is 9.87. The van der Waals surface area contributed by atoms with Gasteiger partial charge in [-0.15, -0.1) is 0 Å². The van der Waals surface area contributed by atoms with E-state index in [0.29, 0.717) is 22.4 Å². The first kappa shape index (κ1) is 15.2. The Kier molecular flexibility index (Phi) is 3.64. The molecule has 3 rings (SSSR count). The first-order valence-electron chi connectivity index (χ1n) is 7.43. The van der Waals surface area contributed by atoms with Gasteiger partial charge < -0.3 is 9.72 Å². The molecule has 5 heteroatoms. The number of rotatable bonds is 3. The highest BCUT2D eigenvalue weighted by Crippen LogP contribution is 2.27. The Morgan fingerprint density at radius 3 is 2.74 bits per heavy atom. The quantitative estimate of drug-likeness (QED) is 0.746. The topological polar surface area (TPSA) is 67.9 Å². The fourth-order valence-corrected chi connectivity index (χ4v) is 2.39. The summed E-state index contributed by atoms with van der Waals surface area (Å²) in [5, 5.41) is 0. The molecule has 0 aliphatic carbocycles. The van der Waals surface area contributed by atoms with Crippen LogP contribution in [0.5, 0.6) is 5.75 Å². The second-order valence-corrected chi connectivity index (χ2v) is 6.47. The number of fused-ring (bicyclic) bond motifs is 1. The number of hydrogen-bond donors (Lipinski definition) is 1. The van der Waals surface area contributed by atoms with Crippen LogP contribution in [0.1, 0.15) is 31.1 Å². The smallest absolute Gasteiger partial charge is 0.171 e. The molecule has 0 saturated carbocycles. The van der Waals surface area contributed by atoms with Crippen molar-refractivity contribution in [2.45, 2.75) is 20.8 Å². The summed E-state index contributed by atoms with van der Waals surface area (Å²) in [6.45, 7) is 5.69. The van der Waals surface area contributed by atoms with E-state index in [2.05, 4.69) is 15.0 Å². The minimum Gasteiger partial charge on any atom is -0.497 e. The summed E-state index contributed by atoms with van der Waals surface area (Å²) in [6, 6.07) is 7.61. The van der Waals surface area contributed by atoms with Gasteiger partial charge in [0.05, 0.1) is 24.6 Å². The Labute approximate surface area is 134 Å². The van der Waals surface area contributed by atoms with Crippen LogP contribution >= 0.6 is 0 Å². The maximum absolute atomic E-state index is 12.6. The molecular formula is C18H19N3O2. The van der Waals surface area contributed by atoms with Crippen molar-refractivity contribution in [3.63, 3.8) is 0 Å². The summed E-state index contributed by atoms with van der Waals surface area (Å²) < 4.78 is 5.25. The van der Waals surface area contributed by atoms with E-state index < -0.39 is 5.41 Å². The number of carbonyl (C=O) groups is 1. The number of aromatic nitrogens is 3. The summed E-state index contributed by atoms with van der Waals surface area (Å²) in [5.74, 6) is 0.797. The molecule has 0 saturated heterocycles. The molecule has 2 aromatic heterocycles. The predicted molar refractivity (Wildman–Crippen MR) is 89.7 cm³/mol. The lowest BCUT2D eigenvalue weighted by Gasteiger charge is -2.15. The normalized spacial score (nSPS) is 11.7. The van der Waals surface area contributed by atoms with E-state index in [4.69, 9.17) is 4.74 Å². The first-order chi connectivity index (χ1) is 10.9. The summed E-state index contributed by atoms with van der Waals surface area (Å²) in [7, 11) is 1.63. The van der Waals surface area contributed by atoms with Crippen LogP contribution in [0.3, 0.4) is 0 Å². The zero-order valence-corrected chi connectivity index (χ0v) is 13.7. The number of H-pyrrole nitrogens is 1. The first-order valence-corrected chi connectivity index (χ1v) is 7.43. The minimum absolute atomic E-state index is 0.0424. The van der Waals surface area contributed by atoms with Gasteiger partial charge >= 0.3 is 0 Å². The molecule has 0 radical (unpaired) electrons. The highest BCUT2D eigenvalue weighted by molar-refractivity contribution is 6.08. The Morgan fingerprint density at radius 2 is 2.04 bits per heavy atom. The van der Waals surface area contributed by atoms with Crippen LogP contribution in [0.25, 0.3) is 22.4 Å². The highest BCUT2D eigenvalue weighted by Gasteiger charge is 2.26. The summed E-state index contributed by atoms with van der Waals surface area (Å²) in [4.78, 5) is 24.6. The van der Waals surface area contributed by atoms with Gasteiger partial charge in [0.15, 0.2) is 11.4 Å². The molecule has 0 atom stereocenters. The highest BCUT2D eigenvalue weighted by atomic mass is 16.5. The van der Waals surface area contributed by atoms with Crippen LogP contribution in [-0.2, 0) is 0 Å². The van der Waals surface area contributed by atoms with Gasteiger partial charge in [-0.25, -0.2) is 9.97 Å². The zero-order valence-electron chi connectivity index (χ0n) is 13.7. The van der Waals surface area contributed by atoms with E-state index in [-0.39, 0.29) is 5.78 Å². The fraction of sp³-hybridized carbons (Fsp3) is 0.278. The van der Waals surface area contributed by atoms with Crippen LogP contribution in [0.4, 0.5) is 0 Å². The predicted octanol–water partition coefficient (Wildman–Crippen LogP) is 3.86. The second-order valence-electron chi connectivity index (χ2n) is 6.47. The van der Waals surface area contributed by atoms with Gasteiger partial charge in [0, 0.05) is 17.2 Å². The van der Waals surface area contributed by atoms with E-state index in [9.17, 15) is 4.79 Å². The maximum atomic E-state index is 12.6. The molecule has 1 aromatic carbocycles. The summed E-state index contributed by atoms with van der Waals surface area (Å²) in [6.07, 6.45) is 3.38. The van der Waals surface area contributed by atoms with E-state index in [0.717, 1.165) is 11.3 Å². The molecule has 0 aliphatic rings. The van der Waals surface area contributed by atoms with Gasteiger partial charge in [0.2, 0.25) is 0 Å². The third kappa shape index (κ3) is 2.82. The Hall–Kier alpha value is -2.69. The molecule has 1 N–H and O–H groups in total. The zero-order chi connectivity index (χ0) is 16.6. The van der Waals surface area contributed by atoms with Gasteiger partial charge in [-0.05, 0) is 12.1 Å². The molecule has 23 heavy (non-hydrogen) atoms. The van der Waals surface area contributed by atoms with Crippen molar-refractivity contribution < 1.29 is 9.53 Å². The monoisotopic (exact) mass is 309 g/mol. The third-order valence-corrected chi connectivity index (χ3v) is 3.67. The number of carbonyl (C=O) groups excluding carboxylic acids is 1. The van der Waals surface area contributed by atoms with Crippen molar-refractivity contribution in [1.29, 1.82) is 0 Å². The largest absolute Gasteiger partial charge is 0.497 e. The van der Waals surface area contributed by atoms with Crippen LogP contribution in [0.2, 0.25) is 0 Å². The number of nitrogens with one attached hydrogen (secondary N) is 1. The average molecular weight is 309 g/mol. The molecule has 118 valence electrons. The van der Waals surface area contributed by atoms with E-state index in [1.165, 1.54) is 0 Å². The number of Topliss-reactive ketones (excluding diaryl/α,β-unsaturated/α-hetero) is 1. The van der Waals surface area contributed by atoms with Crippen molar-refractivity contribution in [2.24, 2.45) is 5.41 Å². The van der Waals surface area contributed by atoms with Crippen LogP contribution in [-0.4, -0.2) is 27.8 Å². The molecule has 0 amide bonds. The third-order valence-electron chi connectivity index (χ3n) is 3.67. The molecule has 3 aromatic rings. The molecule has 0 fully saturated rings. The van der Waals surface area contributed by atoms with Crippen LogP contribution < -0.4 is 4.74 Å². The fourth-order valence-electron chi connectivity index (χ4n) is 2.39. The Balaban J connectivity index is 2.12. The number of nitrogens with zero attached hydrogens (tertiary/aromatic N) is 2. The van der Waals surface area contributed by atoms with Crippen molar-refractivity contribution in [1.82, 2.24) is 15.0 Å². The summed E-state index contributed by atoms with van der Waals surface area (Å²) >= 11 is 0. The molecule has 0 aliphatic heterocycles. The van der Waals surface area contributed by atoms with Gasteiger partial charge in [0.25, 0.3) is 0 Å². The molecule has 0 spiro atoms. The van der Waals surface area contributed by atoms with Crippen molar-refractivity contribution in [3.05, 3.63) is 42.2 Å². The Bertz CT molecular complexity index is 875. The van der Waals surface area contributed by atoms with Gasteiger partial charge in [-0.1, -0.05) is 32.9 Å². The molecular weight excluding hydrogens is 290 g/mol. The number of benzene rings is 1. The maximum Gasteiger partial charge on any atom is 0.171 e. The average Bonchev–Trinajstić information content (AvgIpc) is 2.96. The van der Waals surface area contributed by atoms with Crippen LogP contribution in [0, 0.1) is 5.41 Å². The van der Waals surface area contributed by atoms with Gasteiger partial charge in [-0.3, -0.25) is 4.79 Å². The Morgan fingerprint density at radius 1 is 1.26 bits per heavy atom. The second kappa shape index (κ2) is 5.50. The number of ether oxygens (including phenoxy) is 1. The van der Waals surface area contributed by atoms with E-state index in [1.54, 1.807) is 19.5 Å². The van der Waals surface area contributed by atoms with Crippen molar-refractivity contribution in [2.75, 3.05) is 7.11 Å². The minimum atomic E-state index is -0.469. The number of ketones is 1. The SMILES string of the molecule is COc1cccc(-c2cnc3[nH]cc(C(=O)C(C)(C)C)c3n2)c1. The molecule has 2 heterocycles. The standard InChI is InChI=1S/C18H19N3O2/c1-18(2,3)16(22)13-9-19-17-15(13)21-14(10-20-17)11-6-5-7-12(8-11)23-4/h5-10H,1-4H3,(H,19,20). The summed E-state index contributed by atoms with van der Waals surface area (Å²) in [5.41, 5.74) is 2.93. The van der Waals surface area contributed by atoms with Crippen LogP contribution in [0.15, 0.2) is 36.7 Å². The van der Waals surface area contributed by atoms with Gasteiger partial charge in [-0.2, -0.15) is 0 Å². The molecule has 5 nitrogen and oxygen atoms in total. The molecule has 0 unspecified atom stereocenters. The lowest BCUT2D eigenvalue weighted by Crippen LogP contribution is -2.20. The lowest BCUT2D eigenvalue weighted by molar-refractivity contribution is 0.0860. The number of aromatic amines is 1. The van der Waals surface area contributed by atoms with Gasteiger partial charge in [0.1, 0.15) is 11.3 Å². The number of hydrogen-bond acceptors (Lipinski definition) is 4. The van der Waals surface area contributed by atoms with E-state index >= 15 is 0 Å². The number of methoxy groups -OCH3 is 1. The van der Waals surface area contributed by atoms with Crippen molar-refractivity contribution >= 4 is 16.9 Å².